The summed E-state index contributed by atoms with van der Waals surface area (Å²) in [5, 5.41) is 25.0. The van der Waals surface area contributed by atoms with Crippen LogP contribution in [0.25, 0.3) is 5.69 Å². The topological polar surface area (TPSA) is 76.2 Å². The maximum Gasteiger partial charge on any atom is 0.214 e. The Balaban J connectivity index is 1.77. The minimum Gasteiger partial charge on any atom is -0.411 e. The number of aromatic nitrogens is 4. The third kappa shape index (κ3) is 3.15. The molecule has 0 amide bonds. The van der Waals surface area contributed by atoms with Gasteiger partial charge in [0.1, 0.15) is 0 Å². The molecule has 0 atom stereocenters. The standard InChI is InChI=1S/C15H13N5OS/c21-17-14(12-7-3-1-4-8-12)11-22-15-16-18-19-20(15)13-9-5-2-6-10-13/h1-10,21H,11H2. The van der Waals surface area contributed by atoms with E-state index < -0.39 is 0 Å². The van der Waals surface area contributed by atoms with Crippen LogP contribution >= 0.6 is 11.8 Å². The molecule has 0 saturated heterocycles. The minimum atomic E-state index is 0.466. The van der Waals surface area contributed by atoms with Crippen LogP contribution in [0.4, 0.5) is 0 Å². The third-order valence-electron chi connectivity index (χ3n) is 3.01. The summed E-state index contributed by atoms with van der Waals surface area (Å²) in [7, 11) is 0. The Bertz CT molecular complexity index is 758. The van der Waals surface area contributed by atoms with Crippen molar-refractivity contribution in [3.8, 4) is 5.69 Å². The molecule has 3 rings (SSSR count). The molecule has 0 aliphatic heterocycles. The number of benzene rings is 2. The predicted molar refractivity (Wildman–Crippen MR) is 84.6 cm³/mol. The van der Waals surface area contributed by atoms with E-state index in [4.69, 9.17) is 0 Å². The lowest BCUT2D eigenvalue weighted by molar-refractivity contribution is 0.319. The minimum absolute atomic E-state index is 0.466. The average molecular weight is 311 g/mol. The van der Waals surface area contributed by atoms with E-state index in [1.807, 2.05) is 60.7 Å². The van der Waals surface area contributed by atoms with E-state index in [2.05, 4.69) is 20.7 Å². The Kier molecular flexibility index (Phi) is 4.45. The molecule has 0 unspecified atom stereocenters. The second-order valence-electron chi connectivity index (χ2n) is 4.41. The molecule has 0 bridgehead atoms. The van der Waals surface area contributed by atoms with Crippen LogP contribution in [0.5, 0.6) is 0 Å². The van der Waals surface area contributed by atoms with Crippen LogP contribution in [0.3, 0.4) is 0 Å². The van der Waals surface area contributed by atoms with E-state index in [0.29, 0.717) is 16.6 Å². The van der Waals surface area contributed by atoms with Crippen molar-refractivity contribution in [1.82, 2.24) is 20.2 Å². The van der Waals surface area contributed by atoms with Crippen molar-refractivity contribution in [3.05, 3.63) is 66.2 Å². The molecule has 22 heavy (non-hydrogen) atoms. The van der Waals surface area contributed by atoms with Gasteiger partial charge in [-0.1, -0.05) is 65.4 Å². The van der Waals surface area contributed by atoms with Crippen molar-refractivity contribution < 1.29 is 5.21 Å². The van der Waals surface area contributed by atoms with Gasteiger partial charge >= 0.3 is 0 Å². The molecule has 110 valence electrons. The lowest BCUT2D eigenvalue weighted by Crippen LogP contribution is -2.06. The molecule has 0 fully saturated rings. The number of thioether (sulfide) groups is 1. The number of rotatable bonds is 5. The van der Waals surface area contributed by atoms with Gasteiger partial charge in [0.15, 0.2) is 0 Å². The van der Waals surface area contributed by atoms with Crippen molar-refractivity contribution in [1.29, 1.82) is 0 Å². The van der Waals surface area contributed by atoms with Gasteiger partial charge in [0.05, 0.1) is 11.4 Å². The van der Waals surface area contributed by atoms with Crippen LogP contribution in [0.1, 0.15) is 5.56 Å². The maximum atomic E-state index is 9.21. The van der Waals surface area contributed by atoms with Crippen LogP contribution < -0.4 is 0 Å². The summed E-state index contributed by atoms with van der Waals surface area (Å²) in [4.78, 5) is 0. The van der Waals surface area contributed by atoms with Gasteiger partial charge in [0.2, 0.25) is 5.16 Å². The lowest BCUT2D eigenvalue weighted by Gasteiger charge is -2.05. The van der Waals surface area contributed by atoms with Gasteiger partial charge in [-0.05, 0) is 22.6 Å². The van der Waals surface area contributed by atoms with Crippen LogP contribution in [0, 0.1) is 0 Å². The lowest BCUT2D eigenvalue weighted by atomic mass is 10.1. The number of para-hydroxylation sites is 1. The van der Waals surface area contributed by atoms with Gasteiger partial charge < -0.3 is 5.21 Å². The fourth-order valence-electron chi connectivity index (χ4n) is 1.93. The summed E-state index contributed by atoms with van der Waals surface area (Å²) in [6, 6.07) is 19.2. The number of hydrogen-bond acceptors (Lipinski definition) is 6. The van der Waals surface area contributed by atoms with Crippen molar-refractivity contribution in [2.45, 2.75) is 5.16 Å². The van der Waals surface area contributed by atoms with E-state index >= 15 is 0 Å². The monoisotopic (exact) mass is 311 g/mol. The Morgan fingerprint density at radius 3 is 2.41 bits per heavy atom. The molecule has 2 aromatic carbocycles. The van der Waals surface area contributed by atoms with Crippen molar-refractivity contribution >= 4 is 17.5 Å². The maximum absolute atomic E-state index is 9.21. The highest BCUT2D eigenvalue weighted by Crippen LogP contribution is 2.19. The quantitative estimate of drug-likeness (QED) is 0.339. The first-order chi connectivity index (χ1) is 10.9. The first-order valence-corrected chi connectivity index (χ1v) is 7.60. The van der Waals surface area contributed by atoms with E-state index in [0.717, 1.165) is 11.3 Å². The number of hydrogen-bond donors (Lipinski definition) is 1. The summed E-state index contributed by atoms with van der Waals surface area (Å²) >= 11 is 1.41. The number of tetrazole rings is 1. The molecule has 1 aromatic heterocycles. The van der Waals surface area contributed by atoms with Crippen LogP contribution in [-0.4, -0.2) is 36.9 Å². The Morgan fingerprint density at radius 2 is 1.73 bits per heavy atom. The van der Waals surface area contributed by atoms with E-state index in [1.165, 1.54) is 11.8 Å². The Labute approximate surface area is 131 Å². The molecule has 6 nitrogen and oxygen atoms in total. The van der Waals surface area contributed by atoms with E-state index in [1.54, 1.807) is 4.68 Å². The molecule has 1 N–H and O–H groups in total. The normalized spacial score (nSPS) is 11.5. The highest BCUT2D eigenvalue weighted by molar-refractivity contribution is 7.99. The third-order valence-corrected chi connectivity index (χ3v) is 3.94. The van der Waals surface area contributed by atoms with E-state index in [9.17, 15) is 5.21 Å². The molecule has 0 radical (unpaired) electrons. The molecule has 7 heteroatoms. The fraction of sp³-hybridized carbons (Fsp3) is 0.0667. The van der Waals surface area contributed by atoms with Gasteiger partial charge in [0.25, 0.3) is 0 Å². The van der Waals surface area contributed by atoms with Crippen LogP contribution in [0.2, 0.25) is 0 Å². The average Bonchev–Trinajstić information content (AvgIpc) is 3.06. The highest BCUT2D eigenvalue weighted by Gasteiger charge is 2.11. The van der Waals surface area contributed by atoms with Gasteiger partial charge in [0, 0.05) is 11.3 Å². The number of nitrogens with zero attached hydrogens (tertiary/aromatic N) is 5. The summed E-state index contributed by atoms with van der Waals surface area (Å²) in [5.74, 6) is 0.466. The fourth-order valence-corrected chi connectivity index (χ4v) is 2.78. The molecule has 1 heterocycles. The molecule has 0 aliphatic carbocycles. The first-order valence-electron chi connectivity index (χ1n) is 6.61. The largest absolute Gasteiger partial charge is 0.411 e. The summed E-state index contributed by atoms with van der Waals surface area (Å²) < 4.78 is 1.66. The number of oxime groups is 1. The zero-order chi connectivity index (χ0) is 15.2. The van der Waals surface area contributed by atoms with Crippen molar-refractivity contribution in [2.24, 2.45) is 5.16 Å². The van der Waals surface area contributed by atoms with E-state index in [-0.39, 0.29) is 0 Å². The van der Waals surface area contributed by atoms with Crippen LogP contribution in [0.15, 0.2) is 71.0 Å². The first kappa shape index (κ1) is 14.3. The summed E-state index contributed by atoms with van der Waals surface area (Å²) in [5.41, 5.74) is 2.33. The van der Waals surface area contributed by atoms with Gasteiger partial charge in [-0.3, -0.25) is 0 Å². The molecule has 0 spiro atoms. The second kappa shape index (κ2) is 6.86. The van der Waals surface area contributed by atoms with Gasteiger partial charge in [-0.2, -0.15) is 4.68 Å². The summed E-state index contributed by atoms with van der Waals surface area (Å²) in [6.07, 6.45) is 0. The SMILES string of the molecule is ON=C(CSc1nnnn1-c1ccccc1)c1ccccc1. The van der Waals surface area contributed by atoms with Crippen LogP contribution in [-0.2, 0) is 0 Å². The molecular weight excluding hydrogens is 298 g/mol. The smallest absolute Gasteiger partial charge is 0.214 e. The van der Waals surface area contributed by atoms with Gasteiger partial charge in [-0.25, -0.2) is 0 Å². The molecule has 3 aromatic rings. The Hall–Kier alpha value is -2.67. The molecular formula is C15H13N5OS. The highest BCUT2D eigenvalue weighted by atomic mass is 32.2. The van der Waals surface area contributed by atoms with Crippen molar-refractivity contribution in [3.63, 3.8) is 0 Å². The summed E-state index contributed by atoms with van der Waals surface area (Å²) in [6.45, 7) is 0. The van der Waals surface area contributed by atoms with Gasteiger partial charge in [-0.15, -0.1) is 5.10 Å². The predicted octanol–water partition coefficient (Wildman–Crippen LogP) is 2.63. The zero-order valence-corrected chi connectivity index (χ0v) is 12.4. The zero-order valence-electron chi connectivity index (χ0n) is 11.6. The molecule has 0 aliphatic rings. The Morgan fingerprint density at radius 1 is 1.05 bits per heavy atom. The second-order valence-corrected chi connectivity index (χ2v) is 5.35. The molecule has 0 saturated carbocycles. The van der Waals surface area contributed by atoms with Crippen molar-refractivity contribution in [2.75, 3.05) is 5.75 Å².